The van der Waals surface area contributed by atoms with E-state index in [4.69, 9.17) is 16.3 Å². The second-order valence-electron chi connectivity index (χ2n) is 5.78. The van der Waals surface area contributed by atoms with Crippen LogP contribution in [0.25, 0.3) is 0 Å². The fraction of sp³-hybridized carbons (Fsp3) is 0.625. The molecule has 3 heteroatoms. The summed E-state index contributed by atoms with van der Waals surface area (Å²) in [7, 11) is 0. The molecule has 1 aromatic rings. The summed E-state index contributed by atoms with van der Waals surface area (Å²) in [4.78, 5) is 0. The second kappa shape index (κ2) is 6.74. The quantitative estimate of drug-likeness (QED) is 0.831. The largest absolute Gasteiger partial charge is 0.381 e. The van der Waals surface area contributed by atoms with Crippen molar-refractivity contribution in [3.8, 4) is 0 Å². The van der Waals surface area contributed by atoms with Gasteiger partial charge in [-0.3, -0.25) is 0 Å². The Morgan fingerprint density at radius 2 is 1.84 bits per heavy atom. The number of halogens is 1. The Hall–Kier alpha value is -0.570. The number of ether oxygens (including phenoxy) is 1. The van der Waals surface area contributed by atoms with Gasteiger partial charge in [0, 0.05) is 31.2 Å². The van der Waals surface area contributed by atoms with Crippen LogP contribution in [0.1, 0.15) is 43.7 Å². The molecule has 0 atom stereocenters. The van der Waals surface area contributed by atoms with Crippen LogP contribution in [0.2, 0.25) is 0 Å². The molecule has 1 aromatic carbocycles. The smallest absolute Gasteiger partial charge is 0.0484 e. The molecule has 106 valence electrons. The van der Waals surface area contributed by atoms with Crippen molar-refractivity contribution < 1.29 is 4.74 Å². The van der Waals surface area contributed by atoms with Crippen molar-refractivity contribution >= 4 is 11.6 Å². The third-order valence-corrected chi connectivity index (χ3v) is 4.53. The minimum Gasteiger partial charge on any atom is -0.381 e. The van der Waals surface area contributed by atoms with Crippen LogP contribution in [-0.2, 0) is 11.3 Å². The van der Waals surface area contributed by atoms with E-state index in [0.29, 0.717) is 11.8 Å². The highest BCUT2D eigenvalue weighted by Crippen LogP contribution is 2.23. The Morgan fingerprint density at radius 3 is 2.37 bits per heavy atom. The van der Waals surface area contributed by atoms with Gasteiger partial charge in [0.2, 0.25) is 0 Å². The van der Waals surface area contributed by atoms with E-state index < -0.39 is 0 Å². The number of hydrogen-bond donors (Lipinski definition) is 1. The molecule has 1 saturated heterocycles. The van der Waals surface area contributed by atoms with Crippen molar-refractivity contribution in [1.29, 1.82) is 0 Å². The molecule has 1 aliphatic rings. The number of rotatable bonds is 5. The molecule has 0 bridgehead atoms. The first-order chi connectivity index (χ1) is 9.15. The summed E-state index contributed by atoms with van der Waals surface area (Å²) < 4.78 is 5.42. The summed E-state index contributed by atoms with van der Waals surface area (Å²) in [6.07, 6.45) is 2.00. The highest BCUT2D eigenvalue weighted by Gasteiger charge is 2.30. The average molecular weight is 282 g/mol. The fourth-order valence-corrected chi connectivity index (χ4v) is 2.79. The lowest BCUT2D eigenvalue weighted by Gasteiger charge is -2.36. The Balaban J connectivity index is 1.93. The topological polar surface area (TPSA) is 21.3 Å². The van der Waals surface area contributed by atoms with Crippen molar-refractivity contribution in [3.63, 3.8) is 0 Å². The normalized spacial score (nSPS) is 18.7. The van der Waals surface area contributed by atoms with Crippen LogP contribution in [0.5, 0.6) is 0 Å². The molecule has 2 rings (SSSR count). The summed E-state index contributed by atoms with van der Waals surface area (Å²) in [6.45, 7) is 6.94. The van der Waals surface area contributed by atoms with Crippen LogP contribution >= 0.6 is 11.6 Å². The molecule has 0 unspecified atom stereocenters. The molecule has 0 amide bonds. The molecule has 1 aliphatic heterocycles. The number of nitrogens with one attached hydrogen (secondary N) is 1. The average Bonchev–Trinajstić information content (AvgIpc) is 2.46. The third kappa shape index (κ3) is 3.95. The first kappa shape index (κ1) is 14.8. The molecular formula is C16H24ClNO. The first-order valence-corrected chi connectivity index (χ1v) is 7.66. The van der Waals surface area contributed by atoms with Gasteiger partial charge >= 0.3 is 0 Å². The molecule has 0 aliphatic carbocycles. The number of hydrogen-bond acceptors (Lipinski definition) is 2. The Morgan fingerprint density at radius 1 is 1.21 bits per heavy atom. The van der Waals surface area contributed by atoms with Gasteiger partial charge in [0.15, 0.2) is 0 Å². The minimum absolute atomic E-state index is 0.0521. The van der Waals surface area contributed by atoms with Gasteiger partial charge in [0.1, 0.15) is 0 Å². The Bertz CT molecular complexity index is 382. The number of alkyl halides is 1. The Kier molecular flexibility index (Phi) is 5.26. The van der Waals surface area contributed by atoms with E-state index in [-0.39, 0.29) is 5.54 Å². The van der Waals surface area contributed by atoms with E-state index in [0.717, 1.165) is 32.6 Å². The highest BCUT2D eigenvalue weighted by molar-refractivity contribution is 6.18. The summed E-state index contributed by atoms with van der Waals surface area (Å²) in [5, 5.41) is 3.64. The van der Waals surface area contributed by atoms with Crippen molar-refractivity contribution in [3.05, 3.63) is 35.4 Å². The van der Waals surface area contributed by atoms with Crippen molar-refractivity contribution in [2.24, 2.45) is 0 Å². The summed E-state index contributed by atoms with van der Waals surface area (Å²) in [5.74, 6) is 1.24. The summed E-state index contributed by atoms with van der Waals surface area (Å²) >= 11 is 6.15. The van der Waals surface area contributed by atoms with Gasteiger partial charge in [0.25, 0.3) is 0 Å². The Labute approximate surface area is 121 Å². The van der Waals surface area contributed by atoms with E-state index in [1.54, 1.807) is 0 Å². The van der Waals surface area contributed by atoms with E-state index in [1.165, 1.54) is 11.1 Å². The van der Waals surface area contributed by atoms with Gasteiger partial charge in [-0.25, -0.2) is 0 Å². The second-order valence-corrected chi connectivity index (χ2v) is 6.04. The zero-order valence-electron chi connectivity index (χ0n) is 11.9. The summed E-state index contributed by atoms with van der Waals surface area (Å²) in [6, 6.07) is 8.87. The van der Waals surface area contributed by atoms with Crippen molar-refractivity contribution in [1.82, 2.24) is 5.32 Å². The van der Waals surface area contributed by atoms with E-state index in [2.05, 4.69) is 43.4 Å². The molecule has 19 heavy (non-hydrogen) atoms. The van der Waals surface area contributed by atoms with Crippen LogP contribution in [-0.4, -0.2) is 24.6 Å². The van der Waals surface area contributed by atoms with Crippen molar-refractivity contribution in [2.45, 2.75) is 44.7 Å². The standard InChI is InChI=1S/C16H24ClNO/c1-13(2)15-5-3-14(4-6-15)11-18-16(12-17)7-9-19-10-8-16/h3-6,13,18H,7-12H2,1-2H3. The monoisotopic (exact) mass is 281 g/mol. The molecule has 1 heterocycles. The maximum atomic E-state index is 6.15. The van der Waals surface area contributed by atoms with Gasteiger partial charge in [-0.15, -0.1) is 11.6 Å². The molecule has 1 fully saturated rings. The van der Waals surface area contributed by atoms with Gasteiger partial charge in [-0.2, -0.15) is 0 Å². The van der Waals surface area contributed by atoms with Gasteiger partial charge in [-0.1, -0.05) is 38.1 Å². The molecule has 1 N–H and O–H groups in total. The van der Waals surface area contributed by atoms with E-state index in [1.807, 2.05) is 0 Å². The predicted molar refractivity (Wildman–Crippen MR) is 80.9 cm³/mol. The van der Waals surface area contributed by atoms with Crippen LogP contribution < -0.4 is 5.32 Å². The molecule has 2 nitrogen and oxygen atoms in total. The minimum atomic E-state index is 0.0521. The fourth-order valence-electron chi connectivity index (χ4n) is 2.43. The SMILES string of the molecule is CC(C)c1ccc(CNC2(CCl)CCOCC2)cc1. The lowest BCUT2D eigenvalue weighted by atomic mass is 9.92. The zero-order chi connectivity index (χ0) is 13.7. The van der Waals surface area contributed by atoms with Crippen molar-refractivity contribution in [2.75, 3.05) is 19.1 Å². The van der Waals surface area contributed by atoms with Crippen LogP contribution in [0.15, 0.2) is 24.3 Å². The van der Waals surface area contributed by atoms with Crippen LogP contribution in [0, 0.1) is 0 Å². The molecule has 0 spiro atoms. The van der Waals surface area contributed by atoms with Gasteiger partial charge in [-0.05, 0) is 29.9 Å². The lowest BCUT2D eigenvalue weighted by Crippen LogP contribution is -2.50. The van der Waals surface area contributed by atoms with Gasteiger partial charge < -0.3 is 10.1 Å². The van der Waals surface area contributed by atoms with Crippen LogP contribution in [0.3, 0.4) is 0 Å². The molecule has 0 radical (unpaired) electrons. The molecular weight excluding hydrogens is 258 g/mol. The maximum absolute atomic E-state index is 6.15. The zero-order valence-corrected chi connectivity index (χ0v) is 12.7. The number of benzene rings is 1. The van der Waals surface area contributed by atoms with Crippen LogP contribution in [0.4, 0.5) is 0 Å². The van der Waals surface area contributed by atoms with Gasteiger partial charge in [0.05, 0.1) is 0 Å². The lowest BCUT2D eigenvalue weighted by molar-refractivity contribution is 0.0459. The highest BCUT2D eigenvalue weighted by atomic mass is 35.5. The summed E-state index contributed by atoms with van der Waals surface area (Å²) in [5.41, 5.74) is 2.76. The van der Waals surface area contributed by atoms with E-state index in [9.17, 15) is 0 Å². The predicted octanol–water partition coefficient (Wildman–Crippen LogP) is 3.69. The molecule has 0 saturated carbocycles. The third-order valence-electron chi connectivity index (χ3n) is 4.02. The van der Waals surface area contributed by atoms with E-state index >= 15 is 0 Å². The maximum Gasteiger partial charge on any atom is 0.0484 e. The molecule has 0 aromatic heterocycles. The first-order valence-electron chi connectivity index (χ1n) is 7.13.